The third-order valence-corrected chi connectivity index (χ3v) is 9.71. The summed E-state index contributed by atoms with van der Waals surface area (Å²) in [5, 5.41) is 19.3. The Kier molecular flexibility index (Phi) is 7.25. The maximum Gasteiger partial charge on any atom is 0.307 e. The molecule has 0 heterocycles. The molecule has 4 unspecified atom stereocenters. The molecular weight excluding hydrogens is 391 g/mol. The molecule has 0 amide bonds. The lowest BCUT2D eigenvalue weighted by molar-refractivity contribution is -0.144. The van der Waals surface area contributed by atoms with Crippen LogP contribution in [0.25, 0.3) is 10.8 Å². The molecule has 4 atom stereocenters. The van der Waals surface area contributed by atoms with Crippen molar-refractivity contribution in [2.24, 2.45) is 5.92 Å². The van der Waals surface area contributed by atoms with Crippen molar-refractivity contribution in [3.63, 3.8) is 0 Å². The van der Waals surface area contributed by atoms with Crippen molar-refractivity contribution in [2.75, 3.05) is 0 Å². The first-order valence-electron chi connectivity index (χ1n) is 9.84. The molecule has 0 saturated heterocycles. The van der Waals surface area contributed by atoms with E-state index in [1.165, 1.54) is 6.92 Å². The average Bonchev–Trinajstić information content (AvgIpc) is 2.67. The third kappa shape index (κ3) is 4.54. The van der Waals surface area contributed by atoms with E-state index in [0.717, 1.165) is 10.8 Å². The molecule has 2 rings (SSSR count). The van der Waals surface area contributed by atoms with Crippen LogP contribution in [-0.2, 0) is 14.2 Å². The van der Waals surface area contributed by atoms with E-state index < -0.39 is 36.0 Å². The number of aliphatic carboxylic acids is 2. The summed E-state index contributed by atoms with van der Waals surface area (Å²) >= 11 is 0. The molecule has 0 spiro atoms. The molecule has 29 heavy (non-hydrogen) atoms. The molecule has 0 radical (unpaired) electrons. The lowest BCUT2D eigenvalue weighted by atomic mass is 9.87. The predicted molar refractivity (Wildman–Crippen MR) is 113 cm³/mol. The molecule has 6 nitrogen and oxygen atoms in total. The normalized spacial score (nSPS) is 17.8. The minimum Gasteiger partial charge on any atom is -0.481 e. The van der Waals surface area contributed by atoms with Gasteiger partial charge in [-0.1, -0.05) is 56.3 Å². The molecule has 2 aromatic carbocycles. The highest BCUT2D eigenvalue weighted by Gasteiger charge is 2.54. The Morgan fingerprint density at radius 2 is 1.69 bits per heavy atom. The first-order chi connectivity index (χ1) is 13.6. The summed E-state index contributed by atoms with van der Waals surface area (Å²) in [6.45, 7) is 5.01. The minimum atomic E-state index is -4.07. The lowest BCUT2D eigenvalue weighted by Crippen LogP contribution is -2.40. The fourth-order valence-electron chi connectivity index (χ4n) is 4.12. The van der Waals surface area contributed by atoms with E-state index in [-0.39, 0.29) is 19.3 Å². The highest BCUT2D eigenvalue weighted by Crippen LogP contribution is 2.70. The van der Waals surface area contributed by atoms with Crippen molar-refractivity contribution in [3.05, 3.63) is 48.0 Å². The Hall–Kier alpha value is -2.17. The maximum absolute atomic E-state index is 13.9. The summed E-state index contributed by atoms with van der Waals surface area (Å²) < 4.78 is 13.9. The van der Waals surface area contributed by atoms with Gasteiger partial charge in [0.1, 0.15) is 0 Å². The van der Waals surface area contributed by atoms with E-state index in [1.807, 2.05) is 49.4 Å². The van der Waals surface area contributed by atoms with Gasteiger partial charge in [-0.3, -0.25) is 14.2 Å². The summed E-state index contributed by atoms with van der Waals surface area (Å²) in [5.74, 6) is -3.59. The highest BCUT2D eigenvalue weighted by molar-refractivity contribution is 7.60. The van der Waals surface area contributed by atoms with Gasteiger partial charge >= 0.3 is 11.9 Å². The number of carbonyl (C=O) groups is 2. The molecule has 0 bridgehead atoms. The second kappa shape index (κ2) is 9.10. The van der Waals surface area contributed by atoms with Gasteiger partial charge in [0.15, 0.2) is 0 Å². The van der Waals surface area contributed by atoms with E-state index in [2.05, 4.69) is 0 Å². The molecule has 0 aliphatic carbocycles. The molecule has 7 heteroatoms. The van der Waals surface area contributed by atoms with Gasteiger partial charge in [-0.05, 0) is 42.5 Å². The molecule has 0 saturated carbocycles. The number of rotatable bonds is 10. The van der Waals surface area contributed by atoms with Crippen LogP contribution in [0.5, 0.6) is 0 Å². The van der Waals surface area contributed by atoms with E-state index in [1.54, 1.807) is 6.92 Å². The Bertz CT molecular complexity index is 940. The van der Waals surface area contributed by atoms with Crippen LogP contribution < -0.4 is 0 Å². The van der Waals surface area contributed by atoms with E-state index in [4.69, 9.17) is 5.11 Å². The van der Waals surface area contributed by atoms with Crippen LogP contribution >= 0.6 is 7.37 Å². The van der Waals surface area contributed by atoms with Gasteiger partial charge < -0.3 is 15.1 Å². The summed E-state index contributed by atoms with van der Waals surface area (Å²) in [6.07, 6.45) is -0.0263. The lowest BCUT2D eigenvalue weighted by Gasteiger charge is -2.41. The molecular formula is C22H29O6P. The monoisotopic (exact) mass is 420 g/mol. The van der Waals surface area contributed by atoms with Crippen molar-refractivity contribution in [1.82, 2.24) is 0 Å². The van der Waals surface area contributed by atoms with Crippen LogP contribution in [0.3, 0.4) is 0 Å². The molecule has 2 aromatic rings. The highest BCUT2D eigenvalue weighted by atomic mass is 31.2. The standard InChI is InChI=1S/C22H29O6P/c1-4-19(17-11-10-15-8-6-7-9-16(15)14-17)29(27,28)22(3,5-2)18(21(25)26)12-13-20(23)24/h6-11,14,18-19H,4-5,12-13H2,1-3H3,(H,23,24)(H,25,26)(H,27,28). The van der Waals surface area contributed by atoms with Crippen LogP contribution in [0.1, 0.15) is 57.7 Å². The van der Waals surface area contributed by atoms with Crippen molar-refractivity contribution >= 4 is 30.1 Å². The molecule has 158 valence electrons. The number of carboxylic acid groups (broad SMARTS) is 2. The maximum atomic E-state index is 13.9. The van der Waals surface area contributed by atoms with Crippen molar-refractivity contribution in [1.29, 1.82) is 0 Å². The van der Waals surface area contributed by atoms with Gasteiger partial charge in [0.25, 0.3) is 0 Å². The minimum absolute atomic E-state index is 0.154. The Morgan fingerprint density at radius 3 is 2.21 bits per heavy atom. The van der Waals surface area contributed by atoms with Gasteiger partial charge in [-0.15, -0.1) is 0 Å². The average molecular weight is 420 g/mol. The largest absolute Gasteiger partial charge is 0.481 e. The van der Waals surface area contributed by atoms with Gasteiger partial charge in [-0.25, -0.2) is 0 Å². The number of hydrogen-bond acceptors (Lipinski definition) is 3. The van der Waals surface area contributed by atoms with Crippen LogP contribution in [0.15, 0.2) is 42.5 Å². The van der Waals surface area contributed by atoms with E-state index in [9.17, 15) is 24.2 Å². The topological polar surface area (TPSA) is 112 Å². The zero-order valence-electron chi connectivity index (χ0n) is 17.0. The smallest absolute Gasteiger partial charge is 0.307 e. The summed E-state index contributed by atoms with van der Waals surface area (Å²) in [4.78, 5) is 34.3. The first kappa shape index (κ1) is 23.1. The van der Waals surface area contributed by atoms with Crippen molar-refractivity contribution in [2.45, 2.75) is 57.3 Å². The Morgan fingerprint density at radius 1 is 1.07 bits per heavy atom. The summed E-state index contributed by atoms with van der Waals surface area (Å²) in [7, 11) is -4.07. The van der Waals surface area contributed by atoms with E-state index in [0.29, 0.717) is 12.0 Å². The summed E-state index contributed by atoms with van der Waals surface area (Å²) in [5.41, 5.74) is -0.0391. The third-order valence-electron chi connectivity index (χ3n) is 6.11. The SMILES string of the molecule is CCC(c1ccc2ccccc2c1)P(=O)(O)C(C)(CC)C(CCC(=O)O)C(=O)O. The zero-order chi connectivity index (χ0) is 21.8. The first-order valence-corrected chi connectivity index (χ1v) is 11.6. The molecule has 0 aromatic heterocycles. The van der Waals surface area contributed by atoms with E-state index >= 15 is 0 Å². The number of benzene rings is 2. The zero-order valence-corrected chi connectivity index (χ0v) is 17.9. The molecule has 0 fully saturated rings. The van der Waals surface area contributed by atoms with Gasteiger partial charge in [0.05, 0.1) is 16.7 Å². The Balaban J connectivity index is 2.53. The van der Waals surface area contributed by atoms with Gasteiger partial charge in [-0.2, -0.15) is 0 Å². The quantitative estimate of drug-likeness (QED) is 0.450. The number of carboxylic acids is 2. The molecule has 3 N–H and O–H groups in total. The Labute approximate surface area is 171 Å². The van der Waals surface area contributed by atoms with Crippen LogP contribution in [0, 0.1) is 5.92 Å². The fraction of sp³-hybridized carbons (Fsp3) is 0.455. The summed E-state index contributed by atoms with van der Waals surface area (Å²) in [6, 6.07) is 13.3. The van der Waals surface area contributed by atoms with Crippen LogP contribution in [-0.4, -0.2) is 32.2 Å². The van der Waals surface area contributed by atoms with Gasteiger partial charge in [0.2, 0.25) is 7.37 Å². The molecule has 0 aliphatic heterocycles. The van der Waals surface area contributed by atoms with Crippen molar-refractivity contribution in [3.8, 4) is 0 Å². The molecule has 0 aliphatic rings. The predicted octanol–water partition coefficient (Wildman–Crippen LogP) is 5.30. The van der Waals surface area contributed by atoms with Gasteiger partial charge in [0, 0.05) is 6.42 Å². The second-order valence-electron chi connectivity index (χ2n) is 7.69. The van der Waals surface area contributed by atoms with Crippen molar-refractivity contribution < 1.29 is 29.3 Å². The second-order valence-corrected chi connectivity index (χ2v) is 10.6. The van der Waals surface area contributed by atoms with Crippen LogP contribution in [0.2, 0.25) is 0 Å². The number of fused-ring (bicyclic) bond motifs is 1. The number of hydrogen-bond donors (Lipinski definition) is 3. The van der Waals surface area contributed by atoms with Crippen LogP contribution in [0.4, 0.5) is 0 Å². The fourth-order valence-corrected chi connectivity index (χ4v) is 7.03.